The first kappa shape index (κ1) is 26.2. The third-order valence-electron chi connectivity index (χ3n) is 8.64. The molecule has 0 aromatic heterocycles. The average molecular weight is 521 g/mol. The molecule has 2 atom stereocenters. The molecule has 0 radical (unpaired) electrons. The van der Waals surface area contributed by atoms with Gasteiger partial charge < -0.3 is 18.5 Å². The second-order valence-corrected chi connectivity index (χ2v) is 12.6. The first-order valence-corrected chi connectivity index (χ1v) is 14.4. The molecule has 198 valence electrons. The second-order valence-electron chi connectivity index (χ2n) is 10.6. The lowest BCUT2D eigenvalue weighted by Crippen LogP contribution is -2.69. The van der Waals surface area contributed by atoms with Gasteiger partial charge in [-0.1, -0.05) is 18.2 Å². The number of hydrogen-bond acceptors (Lipinski definition) is 9. The summed E-state index contributed by atoms with van der Waals surface area (Å²) >= 11 is 0. The number of carbonyl (C=O) groups is 2. The number of benzene rings is 1. The lowest BCUT2D eigenvalue weighted by molar-refractivity contribution is -0.158. The maximum absolute atomic E-state index is 14.4. The smallest absolute Gasteiger partial charge is 0.361 e. The standard InChI is InChI=1S/C26H37N2O7P/c1-32-16-25(23(29)20-8-12-27(25)13-9-20)18-34-36(31,22-6-4-3-5-7-22)35-19-26(17-33-2)24(30)21-10-14-28(26)15-11-21/h3-7,20-21H,8-19H2,1-2H3/t25-,26-/m1/s1. The fourth-order valence-electron chi connectivity index (χ4n) is 6.60. The van der Waals surface area contributed by atoms with E-state index in [1.165, 1.54) is 0 Å². The van der Waals surface area contributed by atoms with Crippen molar-refractivity contribution in [2.24, 2.45) is 11.8 Å². The van der Waals surface area contributed by atoms with Crippen LogP contribution in [0.15, 0.2) is 30.3 Å². The minimum atomic E-state index is -3.90. The third kappa shape index (κ3) is 4.33. The van der Waals surface area contributed by atoms with E-state index >= 15 is 0 Å². The van der Waals surface area contributed by atoms with Crippen molar-refractivity contribution in [1.29, 1.82) is 0 Å². The van der Waals surface area contributed by atoms with Crippen LogP contribution in [0.2, 0.25) is 0 Å². The normalized spacial score (nSPS) is 37.3. The van der Waals surface area contributed by atoms with E-state index in [-0.39, 0.29) is 49.8 Å². The van der Waals surface area contributed by atoms with Crippen LogP contribution in [0, 0.1) is 11.8 Å². The highest BCUT2D eigenvalue weighted by Crippen LogP contribution is 2.51. The van der Waals surface area contributed by atoms with Gasteiger partial charge in [-0.2, -0.15) is 0 Å². The molecule has 0 N–H and O–H groups in total. The maximum atomic E-state index is 14.4. The van der Waals surface area contributed by atoms with Gasteiger partial charge in [-0.25, -0.2) is 0 Å². The molecule has 0 saturated carbocycles. The molecule has 4 bridgehead atoms. The molecule has 6 heterocycles. The van der Waals surface area contributed by atoms with Crippen LogP contribution >= 0.6 is 7.60 Å². The van der Waals surface area contributed by atoms with Crippen LogP contribution in [0.4, 0.5) is 0 Å². The Labute approximate surface area is 212 Å². The number of methoxy groups -OCH3 is 2. The molecule has 7 rings (SSSR count). The zero-order valence-electron chi connectivity index (χ0n) is 21.2. The number of nitrogens with zero attached hydrogens (tertiary/aromatic N) is 2. The Morgan fingerprint density at radius 2 is 1.17 bits per heavy atom. The molecule has 0 unspecified atom stereocenters. The summed E-state index contributed by atoms with van der Waals surface area (Å²) in [5.41, 5.74) is -1.98. The van der Waals surface area contributed by atoms with Gasteiger partial charge in [-0.05, 0) is 64.0 Å². The van der Waals surface area contributed by atoms with Crippen molar-refractivity contribution < 1.29 is 32.7 Å². The number of piperidine rings is 6. The number of carbonyl (C=O) groups excluding carboxylic acids is 2. The summed E-state index contributed by atoms with van der Waals surface area (Å²) in [7, 11) is -0.768. The van der Waals surface area contributed by atoms with Crippen LogP contribution < -0.4 is 5.30 Å². The largest absolute Gasteiger partial charge is 0.382 e. The summed E-state index contributed by atoms with van der Waals surface area (Å²) in [5.74, 6) is 0.115. The van der Waals surface area contributed by atoms with Crippen molar-refractivity contribution >= 4 is 24.5 Å². The van der Waals surface area contributed by atoms with E-state index in [0.29, 0.717) is 5.30 Å². The van der Waals surface area contributed by atoms with Crippen molar-refractivity contribution in [3.63, 3.8) is 0 Å². The van der Waals surface area contributed by atoms with Crippen LogP contribution in [0.1, 0.15) is 25.7 Å². The van der Waals surface area contributed by atoms with E-state index in [4.69, 9.17) is 18.5 Å². The molecule has 1 aromatic carbocycles. The van der Waals surface area contributed by atoms with E-state index in [1.807, 2.05) is 6.07 Å². The van der Waals surface area contributed by atoms with Gasteiger partial charge in [0.2, 0.25) is 0 Å². The predicted octanol–water partition coefficient (Wildman–Crippen LogP) is 1.90. The SMILES string of the molecule is COC[C@@]1(COP(=O)(OC[C@]2(COC)C(=O)C3CCN2CC3)c2ccccc2)C(=O)C2CCN1CC2. The highest BCUT2D eigenvalue weighted by Gasteiger charge is 2.56. The Kier molecular flexibility index (Phi) is 7.54. The Morgan fingerprint density at radius 1 is 0.750 bits per heavy atom. The first-order chi connectivity index (χ1) is 17.4. The van der Waals surface area contributed by atoms with Crippen molar-refractivity contribution in [3.05, 3.63) is 30.3 Å². The van der Waals surface area contributed by atoms with E-state index in [0.717, 1.165) is 51.9 Å². The van der Waals surface area contributed by atoms with Gasteiger partial charge in [0.05, 0.1) is 31.7 Å². The average Bonchev–Trinajstić information content (AvgIpc) is 2.92. The summed E-state index contributed by atoms with van der Waals surface area (Å²) in [5, 5.41) is 0.400. The van der Waals surface area contributed by atoms with Crippen molar-refractivity contribution in [2.75, 3.05) is 66.8 Å². The molecular weight excluding hydrogens is 483 g/mol. The second kappa shape index (κ2) is 10.4. The number of ketones is 2. The predicted molar refractivity (Wildman–Crippen MR) is 133 cm³/mol. The minimum Gasteiger partial charge on any atom is -0.382 e. The van der Waals surface area contributed by atoms with Crippen LogP contribution in [0.25, 0.3) is 0 Å². The molecule has 6 aliphatic rings. The Balaban J connectivity index is 1.42. The zero-order valence-corrected chi connectivity index (χ0v) is 22.1. The molecular formula is C26H37N2O7P. The maximum Gasteiger partial charge on any atom is 0.361 e. The topological polar surface area (TPSA) is 94.6 Å². The molecule has 1 aromatic rings. The fraction of sp³-hybridized carbons (Fsp3) is 0.692. The number of hydrogen-bond donors (Lipinski definition) is 0. The Hall–Kier alpha value is -1.45. The van der Waals surface area contributed by atoms with Gasteiger partial charge in [0.15, 0.2) is 11.6 Å². The van der Waals surface area contributed by atoms with Gasteiger partial charge >= 0.3 is 7.60 Å². The Morgan fingerprint density at radius 3 is 1.53 bits per heavy atom. The highest BCUT2D eigenvalue weighted by atomic mass is 31.2. The van der Waals surface area contributed by atoms with Gasteiger partial charge in [0, 0.05) is 26.1 Å². The van der Waals surface area contributed by atoms with Crippen LogP contribution in [0.3, 0.4) is 0 Å². The summed E-state index contributed by atoms with van der Waals surface area (Å²) in [6, 6.07) is 8.79. The van der Waals surface area contributed by atoms with Gasteiger partial charge in [-0.3, -0.25) is 24.0 Å². The first-order valence-electron chi connectivity index (χ1n) is 12.9. The number of ether oxygens (including phenoxy) is 2. The lowest BCUT2D eigenvalue weighted by atomic mass is 9.74. The monoisotopic (exact) mass is 520 g/mol. The molecule has 0 amide bonds. The summed E-state index contributed by atoms with van der Waals surface area (Å²) in [4.78, 5) is 31.1. The van der Waals surface area contributed by atoms with E-state index in [1.54, 1.807) is 38.5 Å². The van der Waals surface area contributed by atoms with E-state index in [2.05, 4.69) is 9.80 Å². The van der Waals surface area contributed by atoms with Crippen molar-refractivity contribution in [3.8, 4) is 0 Å². The zero-order chi connectivity index (χ0) is 25.4. The lowest BCUT2D eigenvalue weighted by Gasteiger charge is -2.53. The summed E-state index contributed by atoms with van der Waals surface area (Å²) in [6.45, 7) is 3.25. The number of Topliss-reactive ketones (excluding diaryl/α,β-unsaturated/α-hetero) is 2. The van der Waals surface area contributed by atoms with Gasteiger partial charge in [0.1, 0.15) is 11.1 Å². The van der Waals surface area contributed by atoms with Crippen LogP contribution in [0.5, 0.6) is 0 Å². The molecule has 6 aliphatic heterocycles. The minimum absolute atomic E-state index is 0.0287. The number of rotatable bonds is 11. The van der Waals surface area contributed by atoms with Crippen molar-refractivity contribution in [1.82, 2.24) is 9.80 Å². The molecule has 0 spiro atoms. The molecule has 9 nitrogen and oxygen atoms in total. The quantitative estimate of drug-likeness (QED) is 0.406. The molecule has 10 heteroatoms. The molecule has 6 saturated heterocycles. The molecule has 6 fully saturated rings. The van der Waals surface area contributed by atoms with Crippen molar-refractivity contribution in [2.45, 2.75) is 36.8 Å². The Bertz CT molecular complexity index is 949. The summed E-state index contributed by atoms with van der Waals surface area (Å²) < 4.78 is 37.8. The van der Waals surface area contributed by atoms with E-state index in [9.17, 15) is 14.2 Å². The highest BCUT2D eigenvalue weighted by molar-refractivity contribution is 7.62. The van der Waals surface area contributed by atoms with Gasteiger partial charge in [0.25, 0.3) is 0 Å². The number of fused-ring (bicyclic) bond motifs is 6. The van der Waals surface area contributed by atoms with E-state index < -0.39 is 18.7 Å². The summed E-state index contributed by atoms with van der Waals surface area (Å²) in [6.07, 6.45) is 3.32. The molecule has 36 heavy (non-hydrogen) atoms. The van der Waals surface area contributed by atoms with Gasteiger partial charge in [-0.15, -0.1) is 0 Å². The third-order valence-corrected chi connectivity index (χ3v) is 10.5. The van der Waals surface area contributed by atoms with Crippen LogP contribution in [-0.4, -0.2) is 99.3 Å². The van der Waals surface area contributed by atoms with Crippen LogP contribution in [-0.2, 0) is 32.7 Å². The molecule has 0 aliphatic carbocycles. The fourth-order valence-corrected chi connectivity index (χ4v) is 8.28.